The van der Waals surface area contributed by atoms with E-state index in [9.17, 15) is 19.2 Å². The number of ketones is 1. The third-order valence-corrected chi connectivity index (χ3v) is 9.29. The summed E-state index contributed by atoms with van der Waals surface area (Å²) in [6, 6.07) is 0. The van der Waals surface area contributed by atoms with Crippen molar-refractivity contribution in [2.75, 3.05) is 0 Å². The summed E-state index contributed by atoms with van der Waals surface area (Å²) in [5, 5.41) is 0. The van der Waals surface area contributed by atoms with Crippen molar-refractivity contribution >= 4 is 23.7 Å². The second-order valence-electron chi connectivity index (χ2n) is 11.1. The fraction of sp³-hybridized carbons (Fsp3) is 0.840. The summed E-state index contributed by atoms with van der Waals surface area (Å²) in [5.74, 6) is -0.355. The highest BCUT2D eigenvalue weighted by Crippen LogP contribution is 2.67. The van der Waals surface area contributed by atoms with Gasteiger partial charge in [-0.2, -0.15) is 0 Å². The Hall–Kier alpha value is -1.92. The molecule has 4 aliphatic carbocycles. The van der Waals surface area contributed by atoms with Crippen LogP contribution < -0.4 is 0 Å². The lowest BCUT2D eigenvalue weighted by Crippen LogP contribution is -2.62. The lowest BCUT2D eigenvalue weighted by atomic mass is 9.44. The molecule has 9 atom stereocenters. The van der Waals surface area contributed by atoms with Crippen molar-refractivity contribution in [3.05, 3.63) is 0 Å². The zero-order valence-electron chi connectivity index (χ0n) is 19.8. The second kappa shape index (κ2) is 8.14. The molecule has 0 aromatic rings. The molecule has 0 aliphatic heterocycles. The number of ether oxygens (including phenoxy) is 3. The van der Waals surface area contributed by atoms with Gasteiger partial charge in [-0.1, -0.05) is 13.8 Å². The van der Waals surface area contributed by atoms with E-state index in [0.29, 0.717) is 19.3 Å². The Bertz CT molecular complexity index is 821. The minimum Gasteiger partial charge on any atom is -0.462 e. The van der Waals surface area contributed by atoms with Crippen LogP contribution in [0.4, 0.5) is 0 Å². The first-order valence-electron chi connectivity index (χ1n) is 12.0. The molecule has 4 saturated carbocycles. The van der Waals surface area contributed by atoms with Crippen molar-refractivity contribution in [3.8, 4) is 0 Å². The number of fused-ring (bicyclic) bond motifs is 5. The number of hydrogen-bond acceptors (Lipinski definition) is 7. The average molecular weight is 449 g/mol. The van der Waals surface area contributed by atoms with E-state index in [0.717, 1.165) is 25.7 Å². The largest absolute Gasteiger partial charge is 0.462 e. The quantitative estimate of drug-likeness (QED) is 0.481. The van der Waals surface area contributed by atoms with E-state index in [4.69, 9.17) is 14.2 Å². The van der Waals surface area contributed by atoms with E-state index in [1.165, 1.54) is 20.8 Å². The molecule has 4 fully saturated rings. The third-order valence-electron chi connectivity index (χ3n) is 9.29. The molecule has 0 amide bonds. The molecule has 32 heavy (non-hydrogen) atoms. The third kappa shape index (κ3) is 3.75. The molecule has 7 heteroatoms. The molecule has 178 valence electrons. The fourth-order valence-corrected chi connectivity index (χ4v) is 8.05. The number of Topliss-reactive ketones (excluding diaryl/α,β-unsaturated/α-hetero) is 1. The molecule has 4 aliphatic rings. The molecule has 0 heterocycles. The van der Waals surface area contributed by atoms with Crippen LogP contribution in [0.3, 0.4) is 0 Å². The van der Waals surface area contributed by atoms with Gasteiger partial charge in [-0.05, 0) is 49.4 Å². The lowest BCUT2D eigenvalue weighted by molar-refractivity contribution is -0.216. The zero-order valence-corrected chi connectivity index (χ0v) is 19.8. The molecule has 0 aromatic carbocycles. The van der Waals surface area contributed by atoms with Gasteiger partial charge in [-0.25, -0.2) is 0 Å². The van der Waals surface area contributed by atoms with Crippen LogP contribution in [-0.4, -0.2) is 42.0 Å². The van der Waals surface area contributed by atoms with Crippen molar-refractivity contribution in [3.63, 3.8) is 0 Å². The minimum absolute atomic E-state index is 0.0166. The summed E-state index contributed by atoms with van der Waals surface area (Å²) >= 11 is 0. The summed E-state index contributed by atoms with van der Waals surface area (Å²) in [7, 11) is 0. The standard InChI is InChI=1S/C25H36O7/c1-13(26)30-20-7-9-25(5)22(32-15(3)28)12-18-17(23(20)25)11-21(31-14(2)27)19-10-16(29)6-8-24(18,19)4/h17-23H,6-12H2,1-5H3/t17-,18+,19+,20-,21-,22+,23+,24+,25-/m0/s1. The highest BCUT2D eigenvalue weighted by atomic mass is 16.6. The van der Waals surface area contributed by atoms with Gasteiger partial charge in [0.05, 0.1) is 0 Å². The molecule has 0 bridgehead atoms. The maximum Gasteiger partial charge on any atom is 0.302 e. The van der Waals surface area contributed by atoms with Gasteiger partial charge >= 0.3 is 17.9 Å². The number of rotatable bonds is 3. The van der Waals surface area contributed by atoms with E-state index in [-0.39, 0.29) is 76.5 Å². The maximum absolute atomic E-state index is 12.4. The van der Waals surface area contributed by atoms with Gasteiger partial charge in [0.25, 0.3) is 0 Å². The molecule has 0 unspecified atom stereocenters. The van der Waals surface area contributed by atoms with Crippen LogP contribution in [0.15, 0.2) is 0 Å². The highest BCUT2D eigenvalue weighted by molar-refractivity contribution is 5.80. The molecule has 0 saturated heterocycles. The fourth-order valence-electron chi connectivity index (χ4n) is 8.05. The van der Waals surface area contributed by atoms with E-state index in [1.54, 1.807) is 0 Å². The van der Waals surface area contributed by atoms with Gasteiger partial charge in [0, 0.05) is 50.9 Å². The Labute approximate surface area is 189 Å². The summed E-state index contributed by atoms with van der Waals surface area (Å²) in [4.78, 5) is 48.3. The van der Waals surface area contributed by atoms with E-state index < -0.39 is 0 Å². The van der Waals surface area contributed by atoms with Gasteiger partial charge in [0.2, 0.25) is 0 Å². The maximum atomic E-state index is 12.4. The Morgan fingerprint density at radius 3 is 2.06 bits per heavy atom. The summed E-state index contributed by atoms with van der Waals surface area (Å²) in [6.45, 7) is 8.69. The normalized spacial score (nSPS) is 45.2. The van der Waals surface area contributed by atoms with Crippen molar-refractivity contribution in [2.24, 2.45) is 34.5 Å². The predicted molar refractivity (Wildman–Crippen MR) is 114 cm³/mol. The minimum atomic E-state index is -0.326. The molecule has 0 aromatic heterocycles. The van der Waals surface area contributed by atoms with E-state index >= 15 is 0 Å². The summed E-state index contributed by atoms with van der Waals surface area (Å²) in [5.41, 5.74) is -0.512. The molecular formula is C25H36O7. The van der Waals surface area contributed by atoms with Gasteiger partial charge in [0.15, 0.2) is 0 Å². The van der Waals surface area contributed by atoms with Crippen molar-refractivity contribution in [2.45, 2.75) is 97.9 Å². The molecule has 4 rings (SSSR count). The smallest absolute Gasteiger partial charge is 0.302 e. The Balaban J connectivity index is 1.77. The van der Waals surface area contributed by atoms with Crippen molar-refractivity contribution < 1.29 is 33.4 Å². The number of esters is 3. The first-order valence-corrected chi connectivity index (χ1v) is 12.0. The number of carbonyl (C=O) groups excluding carboxylic acids is 4. The second-order valence-corrected chi connectivity index (χ2v) is 11.1. The van der Waals surface area contributed by atoms with Gasteiger partial charge in [0.1, 0.15) is 24.1 Å². The molecular weight excluding hydrogens is 412 g/mol. The number of carbonyl (C=O) groups is 4. The molecule has 0 N–H and O–H groups in total. The van der Waals surface area contributed by atoms with Crippen LogP contribution >= 0.6 is 0 Å². The van der Waals surface area contributed by atoms with E-state index in [2.05, 4.69) is 13.8 Å². The van der Waals surface area contributed by atoms with Crippen LogP contribution in [0.2, 0.25) is 0 Å². The number of hydrogen-bond donors (Lipinski definition) is 0. The van der Waals surface area contributed by atoms with Gasteiger partial charge < -0.3 is 14.2 Å². The van der Waals surface area contributed by atoms with Crippen LogP contribution in [0.1, 0.15) is 79.6 Å². The predicted octanol–water partition coefficient (Wildman–Crippen LogP) is 3.61. The average Bonchev–Trinajstić information content (AvgIpc) is 3.00. The highest BCUT2D eigenvalue weighted by Gasteiger charge is 2.67. The summed E-state index contributed by atoms with van der Waals surface area (Å²) < 4.78 is 17.6. The topological polar surface area (TPSA) is 96.0 Å². The zero-order chi connectivity index (χ0) is 23.4. The molecule has 7 nitrogen and oxygen atoms in total. The SMILES string of the molecule is CC(=O)O[C@H]1CC[C@]2(C)[C@@H]1[C@H]1C[C@H](OC(C)=O)[C@H]3CC(=O)CC[C@]3(C)[C@@H]1C[C@H]2OC(C)=O. The Morgan fingerprint density at radius 2 is 1.44 bits per heavy atom. The van der Waals surface area contributed by atoms with Crippen LogP contribution in [0.25, 0.3) is 0 Å². The summed E-state index contributed by atoms with van der Waals surface area (Å²) in [6.07, 6.45) is 3.80. The Morgan fingerprint density at radius 1 is 0.812 bits per heavy atom. The monoisotopic (exact) mass is 448 g/mol. The molecule has 0 radical (unpaired) electrons. The van der Waals surface area contributed by atoms with Crippen LogP contribution in [-0.2, 0) is 33.4 Å². The van der Waals surface area contributed by atoms with Crippen molar-refractivity contribution in [1.29, 1.82) is 0 Å². The Kier molecular flexibility index (Phi) is 5.91. The van der Waals surface area contributed by atoms with E-state index in [1.807, 2.05) is 0 Å². The first-order chi connectivity index (χ1) is 15.0. The first kappa shape index (κ1) is 23.2. The molecule has 0 spiro atoms. The van der Waals surface area contributed by atoms with Crippen molar-refractivity contribution in [1.82, 2.24) is 0 Å². The van der Waals surface area contributed by atoms with Crippen LogP contribution in [0, 0.1) is 34.5 Å². The van der Waals surface area contributed by atoms with Gasteiger partial charge in [-0.3, -0.25) is 19.2 Å². The van der Waals surface area contributed by atoms with Gasteiger partial charge in [-0.15, -0.1) is 0 Å². The van der Waals surface area contributed by atoms with Crippen LogP contribution in [0.5, 0.6) is 0 Å². The lowest BCUT2D eigenvalue weighted by Gasteiger charge is -2.62.